The predicted molar refractivity (Wildman–Crippen MR) is 147 cm³/mol. The molecule has 3 aromatic rings. The second-order valence-corrected chi connectivity index (χ2v) is 11.6. The third-order valence-corrected chi connectivity index (χ3v) is 9.55. The van der Waals surface area contributed by atoms with Crippen molar-refractivity contribution in [1.82, 2.24) is 5.32 Å². The summed E-state index contributed by atoms with van der Waals surface area (Å²) in [4.78, 5) is 56.2. The van der Waals surface area contributed by atoms with E-state index in [0.29, 0.717) is 21.8 Å². The summed E-state index contributed by atoms with van der Waals surface area (Å²) < 4.78 is 15.0. The number of carbonyl (C=O) groups excluding carboxylic acids is 4. The molecule has 0 bridgehead atoms. The van der Waals surface area contributed by atoms with E-state index in [9.17, 15) is 28.7 Å². The summed E-state index contributed by atoms with van der Waals surface area (Å²) in [5.74, 6) is -6.67. The van der Waals surface area contributed by atoms with E-state index in [0.717, 1.165) is 10.5 Å². The lowest BCUT2D eigenvalue weighted by Gasteiger charge is -2.50. The molecule has 0 spiro atoms. The van der Waals surface area contributed by atoms with Crippen LogP contribution in [-0.4, -0.2) is 28.7 Å². The number of allylic oxidation sites excluding steroid dienone is 2. The molecule has 2 saturated heterocycles. The van der Waals surface area contributed by atoms with Gasteiger partial charge < -0.3 is 5.11 Å². The Morgan fingerprint density at radius 2 is 1.71 bits per heavy atom. The lowest BCUT2D eigenvalue weighted by molar-refractivity contribution is -0.128. The number of hydrogen-bond acceptors (Lipinski definition) is 5. The number of fused-ring (bicyclic) bond motifs is 4. The Morgan fingerprint density at radius 1 is 0.927 bits per heavy atom. The van der Waals surface area contributed by atoms with Crippen molar-refractivity contribution in [2.24, 2.45) is 23.7 Å². The van der Waals surface area contributed by atoms with Gasteiger partial charge in [-0.1, -0.05) is 65.7 Å². The van der Waals surface area contributed by atoms with Crippen LogP contribution in [0.1, 0.15) is 29.9 Å². The highest BCUT2D eigenvalue weighted by Gasteiger charge is 2.69. The number of halogens is 2. The summed E-state index contributed by atoms with van der Waals surface area (Å²) in [7, 11) is 0. The maximum absolute atomic E-state index is 15.0. The third kappa shape index (κ3) is 3.50. The number of nitrogens with zero attached hydrogens (tertiary/aromatic N) is 1. The molecule has 206 valence electrons. The molecule has 9 heteroatoms. The van der Waals surface area contributed by atoms with Crippen molar-refractivity contribution < 1.29 is 28.7 Å². The molecule has 4 amide bonds. The number of imide groups is 2. The SMILES string of the molecule is O=C1NC(=O)[C@H]2CC=C3[C@@H](C[C@H]4C(=O)N(c5cccc(Cl)c5)C(=O)[C@@]4(c4ccccc4)[C@H]3c3ccc(O)c(F)c3)[C@@H]12. The molecule has 2 aliphatic heterocycles. The lowest BCUT2D eigenvalue weighted by atomic mass is 9.49. The Morgan fingerprint density at radius 3 is 2.44 bits per heavy atom. The minimum atomic E-state index is -1.49. The van der Waals surface area contributed by atoms with Gasteiger partial charge in [0.15, 0.2) is 11.6 Å². The summed E-state index contributed by atoms with van der Waals surface area (Å²) in [6, 6.07) is 19.4. The third-order valence-electron chi connectivity index (χ3n) is 9.31. The van der Waals surface area contributed by atoms with Crippen molar-refractivity contribution in [1.29, 1.82) is 0 Å². The van der Waals surface area contributed by atoms with Crippen LogP contribution >= 0.6 is 11.6 Å². The van der Waals surface area contributed by atoms with Crippen LogP contribution in [0.4, 0.5) is 10.1 Å². The zero-order valence-corrected chi connectivity index (χ0v) is 22.3. The van der Waals surface area contributed by atoms with Crippen LogP contribution in [0.15, 0.2) is 84.4 Å². The molecular weight excluding hydrogens is 547 g/mol. The summed E-state index contributed by atoms with van der Waals surface area (Å²) in [5.41, 5.74) is 0.521. The van der Waals surface area contributed by atoms with Crippen molar-refractivity contribution >= 4 is 40.9 Å². The molecule has 41 heavy (non-hydrogen) atoms. The van der Waals surface area contributed by atoms with Crippen LogP contribution in [-0.2, 0) is 24.6 Å². The summed E-state index contributed by atoms with van der Waals surface area (Å²) >= 11 is 6.27. The fourth-order valence-electron chi connectivity index (χ4n) is 7.73. The summed E-state index contributed by atoms with van der Waals surface area (Å²) in [5, 5.41) is 12.8. The first-order valence-corrected chi connectivity index (χ1v) is 13.8. The van der Waals surface area contributed by atoms with E-state index in [1.807, 2.05) is 12.1 Å². The maximum atomic E-state index is 15.0. The van der Waals surface area contributed by atoms with E-state index in [-0.39, 0.29) is 18.7 Å². The number of phenols is 1. The van der Waals surface area contributed by atoms with Crippen molar-refractivity contribution in [2.45, 2.75) is 24.2 Å². The van der Waals surface area contributed by atoms with E-state index in [2.05, 4.69) is 5.32 Å². The quantitative estimate of drug-likeness (QED) is 0.353. The molecule has 2 aliphatic carbocycles. The van der Waals surface area contributed by atoms with Gasteiger partial charge in [0.1, 0.15) is 0 Å². The van der Waals surface area contributed by atoms with Crippen LogP contribution in [0.25, 0.3) is 0 Å². The van der Waals surface area contributed by atoms with Crippen LogP contribution < -0.4 is 10.2 Å². The molecule has 3 fully saturated rings. The van der Waals surface area contributed by atoms with Crippen LogP contribution in [0.5, 0.6) is 5.75 Å². The van der Waals surface area contributed by atoms with Gasteiger partial charge in [0.25, 0.3) is 0 Å². The zero-order valence-electron chi connectivity index (χ0n) is 21.6. The normalized spacial score (nSPS) is 30.4. The van der Waals surface area contributed by atoms with E-state index >= 15 is 0 Å². The van der Waals surface area contributed by atoms with E-state index in [4.69, 9.17) is 11.6 Å². The molecular formula is C32H24ClFN2O5. The highest BCUT2D eigenvalue weighted by atomic mass is 35.5. The van der Waals surface area contributed by atoms with Gasteiger partial charge in [0, 0.05) is 10.9 Å². The first-order chi connectivity index (χ1) is 19.7. The fourth-order valence-corrected chi connectivity index (χ4v) is 7.92. The number of nitrogens with one attached hydrogen (secondary N) is 1. The molecule has 0 radical (unpaired) electrons. The Kier molecular flexibility index (Phi) is 5.70. The highest BCUT2D eigenvalue weighted by molar-refractivity contribution is 6.32. The number of aromatic hydroxyl groups is 1. The number of amides is 4. The standard InChI is InChI=1S/C32H24ClFN2O5/c33-18-7-4-8-19(14-18)36-30(40)23-15-22-20(10-11-21-26(22)29(39)35-28(21)38)27(16-9-12-25(37)24(34)13-16)32(23,31(36)41)17-5-2-1-3-6-17/h1-10,12-14,21-23,26-27,37H,11,15H2,(H,35,38,39)/t21-,22+,23-,26-,27-,32+/m0/s1. The maximum Gasteiger partial charge on any atom is 0.246 e. The van der Waals surface area contributed by atoms with Gasteiger partial charge >= 0.3 is 0 Å². The molecule has 7 rings (SSSR count). The highest BCUT2D eigenvalue weighted by Crippen LogP contribution is 2.64. The average molecular weight is 571 g/mol. The average Bonchev–Trinajstić information content (AvgIpc) is 3.38. The molecule has 4 aliphatic rings. The first-order valence-electron chi connectivity index (χ1n) is 13.5. The van der Waals surface area contributed by atoms with Gasteiger partial charge in [-0.15, -0.1) is 0 Å². The number of anilines is 1. The largest absolute Gasteiger partial charge is 0.505 e. The van der Waals surface area contributed by atoms with Gasteiger partial charge in [0.2, 0.25) is 23.6 Å². The Balaban J connectivity index is 1.53. The van der Waals surface area contributed by atoms with Crippen molar-refractivity contribution in [2.75, 3.05) is 4.90 Å². The van der Waals surface area contributed by atoms with Gasteiger partial charge in [-0.2, -0.15) is 0 Å². The first kappa shape index (κ1) is 25.7. The van der Waals surface area contributed by atoms with Crippen LogP contribution in [0.2, 0.25) is 5.02 Å². The molecule has 0 aromatic heterocycles. The fraction of sp³-hybridized carbons (Fsp3) is 0.250. The molecule has 2 N–H and O–H groups in total. The van der Waals surface area contributed by atoms with Crippen LogP contribution in [0, 0.1) is 29.5 Å². The van der Waals surface area contributed by atoms with Crippen LogP contribution in [0.3, 0.4) is 0 Å². The number of benzene rings is 3. The number of carbonyl (C=O) groups is 4. The topological polar surface area (TPSA) is 104 Å². The number of phenolic OH excluding ortho intramolecular Hbond substituents is 1. The number of rotatable bonds is 3. The molecule has 7 nitrogen and oxygen atoms in total. The summed E-state index contributed by atoms with van der Waals surface area (Å²) in [6.45, 7) is 0. The molecule has 6 atom stereocenters. The zero-order chi connectivity index (χ0) is 28.6. The van der Waals surface area contributed by atoms with Gasteiger partial charge in [-0.3, -0.25) is 24.5 Å². The molecule has 3 aromatic carbocycles. The minimum Gasteiger partial charge on any atom is -0.505 e. The van der Waals surface area contributed by atoms with E-state index < -0.39 is 64.3 Å². The smallest absolute Gasteiger partial charge is 0.246 e. The Hall–Kier alpha value is -4.30. The van der Waals surface area contributed by atoms with Crippen molar-refractivity contribution in [3.63, 3.8) is 0 Å². The van der Waals surface area contributed by atoms with Crippen molar-refractivity contribution in [3.05, 3.63) is 106 Å². The second-order valence-electron chi connectivity index (χ2n) is 11.2. The second kappa shape index (κ2) is 9.11. The monoisotopic (exact) mass is 570 g/mol. The minimum absolute atomic E-state index is 0.154. The van der Waals surface area contributed by atoms with E-state index in [1.165, 1.54) is 12.1 Å². The molecule has 1 saturated carbocycles. The Labute approximate surface area is 239 Å². The van der Waals surface area contributed by atoms with Gasteiger partial charge in [-0.25, -0.2) is 9.29 Å². The van der Waals surface area contributed by atoms with E-state index in [1.54, 1.807) is 54.6 Å². The summed E-state index contributed by atoms with van der Waals surface area (Å²) in [6.07, 6.45) is 2.32. The lowest BCUT2D eigenvalue weighted by Crippen LogP contribution is -2.53. The van der Waals surface area contributed by atoms with Crippen molar-refractivity contribution in [3.8, 4) is 5.75 Å². The van der Waals surface area contributed by atoms with Gasteiger partial charge in [-0.05, 0) is 60.2 Å². The number of hydrogen-bond donors (Lipinski definition) is 2. The predicted octanol–water partition coefficient (Wildman–Crippen LogP) is 4.63. The Bertz CT molecular complexity index is 1690. The molecule has 2 heterocycles. The van der Waals surface area contributed by atoms with Gasteiger partial charge in [0.05, 0.1) is 28.9 Å². The molecule has 0 unspecified atom stereocenters.